The molecule has 0 saturated carbocycles. The average molecular weight is 451 g/mol. The van der Waals surface area contributed by atoms with Gasteiger partial charge in [-0.3, -0.25) is 14.5 Å². The van der Waals surface area contributed by atoms with Gasteiger partial charge in [0.25, 0.3) is 5.91 Å². The minimum Gasteiger partial charge on any atom is -0.450 e. The normalized spacial score (nSPS) is 18.8. The van der Waals surface area contributed by atoms with E-state index >= 15 is 0 Å². The van der Waals surface area contributed by atoms with Crippen LogP contribution in [-0.4, -0.2) is 55.1 Å². The standard InChI is InChI=1S/C26H27FN2O4/c1-16-13-20-21(14-17(16)2)33-25-22(24(20)30)23(18-5-3-6-19(27)15-18)29(26(25)31)8-4-7-28-9-11-32-12-10-28/h3,5-6,13-15,23H,4,7-12H2,1-2H3. The number of carbonyl (C=O) groups excluding carboxylic acids is 1. The molecule has 3 aromatic rings. The number of nitrogens with zero attached hydrogens (tertiary/aromatic N) is 2. The molecule has 0 N–H and O–H groups in total. The molecule has 1 atom stereocenters. The number of ether oxygens (including phenoxy) is 1. The molecule has 2 aliphatic rings. The third-order valence-corrected chi connectivity index (χ3v) is 6.72. The van der Waals surface area contributed by atoms with Gasteiger partial charge in [0.1, 0.15) is 11.4 Å². The summed E-state index contributed by atoms with van der Waals surface area (Å²) >= 11 is 0. The van der Waals surface area contributed by atoms with Gasteiger partial charge in [0.05, 0.1) is 30.2 Å². The third-order valence-electron chi connectivity index (χ3n) is 6.72. The van der Waals surface area contributed by atoms with Crippen LogP contribution in [0.5, 0.6) is 0 Å². The highest BCUT2D eigenvalue weighted by Gasteiger charge is 2.42. The molecule has 0 radical (unpaired) electrons. The van der Waals surface area contributed by atoms with Gasteiger partial charge in [-0.15, -0.1) is 0 Å². The molecule has 5 rings (SSSR count). The van der Waals surface area contributed by atoms with Crippen molar-refractivity contribution in [2.24, 2.45) is 0 Å². The Hall–Kier alpha value is -3.03. The molecule has 1 aromatic heterocycles. The van der Waals surface area contributed by atoms with E-state index in [-0.39, 0.29) is 17.1 Å². The van der Waals surface area contributed by atoms with Crippen LogP contribution in [0.4, 0.5) is 4.39 Å². The Labute approximate surface area is 191 Å². The van der Waals surface area contributed by atoms with Gasteiger partial charge in [-0.05, 0) is 61.2 Å². The van der Waals surface area contributed by atoms with Crippen molar-refractivity contribution in [1.82, 2.24) is 9.80 Å². The van der Waals surface area contributed by atoms with Crippen molar-refractivity contribution in [3.05, 3.63) is 80.5 Å². The maximum Gasteiger partial charge on any atom is 0.290 e. The number of aryl methyl sites for hydroxylation is 2. The second kappa shape index (κ2) is 8.72. The Kier molecular flexibility index (Phi) is 5.76. The molecule has 1 unspecified atom stereocenters. The van der Waals surface area contributed by atoms with E-state index in [0.717, 1.165) is 37.2 Å². The minimum atomic E-state index is -0.671. The Balaban J connectivity index is 1.56. The summed E-state index contributed by atoms with van der Waals surface area (Å²) in [6.07, 6.45) is 0.734. The Morgan fingerprint density at radius 2 is 1.79 bits per heavy atom. The van der Waals surface area contributed by atoms with Gasteiger partial charge in [0, 0.05) is 26.2 Å². The van der Waals surface area contributed by atoms with Crippen LogP contribution in [0.25, 0.3) is 11.0 Å². The zero-order chi connectivity index (χ0) is 23.1. The number of fused-ring (bicyclic) bond motifs is 2. The molecule has 0 aliphatic carbocycles. The van der Waals surface area contributed by atoms with Crippen molar-refractivity contribution >= 4 is 16.9 Å². The van der Waals surface area contributed by atoms with Crippen LogP contribution in [0, 0.1) is 19.7 Å². The van der Waals surface area contributed by atoms with Crippen molar-refractivity contribution in [2.45, 2.75) is 26.3 Å². The smallest absolute Gasteiger partial charge is 0.290 e. The summed E-state index contributed by atoms with van der Waals surface area (Å²) in [5, 5.41) is 0.446. The van der Waals surface area contributed by atoms with Gasteiger partial charge in [-0.25, -0.2) is 4.39 Å². The molecule has 172 valence electrons. The molecule has 2 aliphatic heterocycles. The maximum absolute atomic E-state index is 14.1. The molecule has 0 spiro atoms. The number of morpholine rings is 1. The van der Waals surface area contributed by atoms with Crippen LogP contribution < -0.4 is 5.43 Å². The van der Waals surface area contributed by atoms with Gasteiger partial charge in [0.2, 0.25) is 5.76 Å². The number of hydrogen-bond acceptors (Lipinski definition) is 5. The van der Waals surface area contributed by atoms with E-state index in [0.29, 0.717) is 41.9 Å². The molecule has 33 heavy (non-hydrogen) atoms. The molecule has 1 saturated heterocycles. The lowest BCUT2D eigenvalue weighted by atomic mass is 9.97. The fraction of sp³-hybridized carbons (Fsp3) is 0.385. The van der Waals surface area contributed by atoms with Crippen molar-refractivity contribution in [2.75, 3.05) is 39.4 Å². The van der Waals surface area contributed by atoms with Crippen molar-refractivity contribution in [3.63, 3.8) is 0 Å². The highest BCUT2D eigenvalue weighted by Crippen LogP contribution is 2.38. The lowest BCUT2D eigenvalue weighted by Crippen LogP contribution is -2.38. The summed E-state index contributed by atoms with van der Waals surface area (Å²) in [6, 6.07) is 9.06. The van der Waals surface area contributed by atoms with Crippen molar-refractivity contribution in [1.29, 1.82) is 0 Å². The van der Waals surface area contributed by atoms with Gasteiger partial charge in [-0.2, -0.15) is 0 Å². The Morgan fingerprint density at radius 3 is 2.55 bits per heavy atom. The topological polar surface area (TPSA) is 63.0 Å². The number of rotatable bonds is 5. The zero-order valence-electron chi connectivity index (χ0n) is 18.9. The van der Waals surface area contributed by atoms with Crippen LogP contribution in [0.1, 0.15) is 45.3 Å². The van der Waals surface area contributed by atoms with Crippen LogP contribution in [0.2, 0.25) is 0 Å². The third kappa shape index (κ3) is 3.96. The molecule has 6 nitrogen and oxygen atoms in total. The fourth-order valence-electron chi connectivity index (χ4n) is 4.82. The summed E-state index contributed by atoms with van der Waals surface area (Å²) in [4.78, 5) is 31.0. The summed E-state index contributed by atoms with van der Waals surface area (Å²) < 4.78 is 25.6. The quantitative estimate of drug-likeness (QED) is 0.592. The van der Waals surface area contributed by atoms with Gasteiger partial charge >= 0.3 is 0 Å². The van der Waals surface area contributed by atoms with E-state index in [1.165, 1.54) is 12.1 Å². The molecule has 2 aromatic carbocycles. The van der Waals surface area contributed by atoms with Crippen molar-refractivity contribution in [3.8, 4) is 0 Å². The van der Waals surface area contributed by atoms with E-state index in [1.807, 2.05) is 19.9 Å². The summed E-state index contributed by atoms with van der Waals surface area (Å²) in [7, 11) is 0. The van der Waals surface area contributed by atoms with Gasteiger partial charge < -0.3 is 14.1 Å². The van der Waals surface area contributed by atoms with E-state index in [4.69, 9.17) is 9.15 Å². The van der Waals surface area contributed by atoms with E-state index in [9.17, 15) is 14.0 Å². The largest absolute Gasteiger partial charge is 0.450 e. The monoisotopic (exact) mass is 450 g/mol. The van der Waals surface area contributed by atoms with Crippen molar-refractivity contribution < 1.29 is 18.3 Å². The first kappa shape index (κ1) is 21.8. The fourth-order valence-corrected chi connectivity index (χ4v) is 4.82. The first-order valence-electron chi connectivity index (χ1n) is 11.4. The molecule has 3 heterocycles. The maximum atomic E-state index is 14.1. The number of hydrogen-bond donors (Lipinski definition) is 0. The average Bonchev–Trinajstić information content (AvgIpc) is 3.08. The summed E-state index contributed by atoms with van der Waals surface area (Å²) in [5.41, 5.74) is 3.01. The second-order valence-electron chi connectivity index (χ2n) is 8.87. The molecule has 1 fully saturated rings. The number of benzene rings is 2. The molecule has 0 bridgehead atoms. The molecular formula is C26H27FN2O4. The highest BCUT2D eigenvalue weighted by molar-refractivity contribution is 5.99. The second-order valence-corrected chi connectivity index (χ2v) is 8.87. The zero-order valence-corrected chi connectivity index (χ0v) is 18.9. The summed E-state index contributed by atoms with van der Waals surface area (Å²) in [5.74, 6) is -0.659. The van der Waals surface area contributed by atoms with Crippen LogP contribution in [-0.2, 0) is 4.74 Å². The first-order chi connectivity index (χ1) is 15.9. The van der Waals surface area contributed by atoms with Gasteiger partial charge in [-0.1, -0.05) is 12.1 Å². The Bertz CT molecular complexity index is 1280. The van der Waals surface area contributed by atoms with E-state index in [2.05, 4.69) is 4.90 Å². The molecule has 1 amide bonds. The lowest BCUT2D eigenvalue weighted by Gasteiger charge is -2.29. The SMILES string of the molecule is Cc1cc2oc3c(c(=O)c2cc1C)C(c1cccc(F)c1)N(CCCN1CCOCC1)C3=O. The predicted molar refractivity (Wildman–Crippen MR) is 123 cm³/mol. The minimum absolute atomic E-state index is 0.0661. The number of halogens is 1. The lowest BCUT2D eigenvalue weighted by molar-refractivity contribution is 0.0353. The molecular weight excluding hydrogens is 423 g/mol. The summed E-state index contributed by atoms with van der Waals surface area (Å²) in [6.45, 7) is 8.30. The van der Waals surface area contributed by atoms with E-state index < -0.39 is 11.9 Å². The van der Waals surface area contributed by atoms with Crippen LogP contribution >= 0.6 is 0 Å². The highest BCUT2D eigenvalue weighted by atomic mass is 19.1. The van der Waals surface area contributed by atoms with Crippen LogP contribution in [0.15, 0.2) is 45.6 Å². The van der Waals surface area contributed by atoms with E-state index in [1.54, 1.807) is 23.1 Å². The predicted octanol–water partition coefficient (Wildman–Crippen LogP) is 3.82. The Morgan fingerprint density at radius 1 is 1.03 bits per heavy atom. The first-order valence-corrected chi connectivity index (χ1v) is 11.4. The molecule has 7 heteroatoms. The van der Waals surface area contributed by atoms with Crippen LogP contribution in [0.3, 0.4) is 0 Å². The number of amides is 1. The van der Waals surface area contributed by atoms with Gasteiger partial charge in [0.15, 0.2) is 5.43 Å². The number of carbonyl (C=O) groups is 1.